The third-order valence-electron chi connectivity index (χ3n) is 5.71. The Hall–Kier alpha value is -2.90. The van der Waals surface area contributed by atoms with Gasteiger partial charge in [0.2, 0.25) is 0 Å². The van der Waals surface area contributed by atoms with E-state index in [2.05, 4.69) is 10.1 Å². The van der Waals surface area contributed by atoms with Gasteiger partial charge in [0.25, 0.3) is 5.91 Å². The first-order chi connectivity index (χ1) is 14.1. The van der Waals surface area contributed by atoms with Gasteiger partial charge < -0.3 is 4.90 Å². The number of fused-ring (bicyclic) bond motifs is 1. The molecule has 1 fully saturated rings. The Kier molecular flexibility index (Phi) is 5.03. The fraction of sp³-hybridized carbons (Fsp3) is 0.409. The summed E-state index contributed by atoms with van der Waals surface area (Å²) < 4.78 is 42.1. The van der Waals surface area contributed by atoms with Gasteiger partial charge in [-0.3, -0.25) is 4.79 Å². The largest absolute Gasteiger partial charge is 0.433 e. The molecule has 1 aliphatic heterocycles. The van der Waals surface area contributed by atoms with Gasteiger partial charge in [-0.15, -0.1) is 0 Å². The molecule has 3 heterocycles. The highest BCUT2D eigenvalue weighted by molar-refractivity contribution is 5.94. The van der Waals surface area contributed by atoms with E-state index in [9.17, 15) is 18.0 Å². The van der Waals surface area contributed by atoms with Crippen LogP contribution in [0.3, 0.4) is 0 Å². The molecule has 2 aromatic heterocycles. The first kappa shape index (κ1) is 20.4. The molecule has 0 saturated carbocycles. The fourth-order valence-corrected chi connectivity index (χ4v) is 4.11. The number of carbonyl (C=O) groups is 1. The summed E-state index contributed by atoms with van der Waals surface area (Å²) in [7, 11) is 0. The van der Waals surface area contributed by atoms with Crippen LogP contribution in [0.4, 0.5) is 13.2 Å². The standard InChI is InChI=1S/C22H23F3N4O/c1-13-7-9-16(10-8-13)17-11-19(22(23,24)25)29-20(26-17)12-18(27-29)21(30)28-14(2)5-4-6-15(28)3/h7-12,14-15H,4-6H2,1-3H3/t14-,15+. The smallest absolute Gasteiger partial charge is 0.332 e. The van der Waals surface area contributed by atoms with Crippen molar-refractivity contribution in [2.75, 3.05) is 0 Å². The van der Waals surface area contributed by atoms with Crippen LogP contribution in [0, 0.1) is 6.92 Å². The molecule has 5 nitrogen and oxygen atoms in total. The summed E-state index contributed by atoms with van der Waals surface area (Å²) in [6.45, 7) is 5.81. The summed E-state index contributed by atoms with van der Waals surface area (Å²) in [4.78, 5) is 19.2. The molecule has 8 heteroatoms. The average molecular weight is 416 g/mol. The molecule has 1 saturated heterocycles. The van der Waals surface area contributed by atoms with Gasteiger partial charge >= 0.3 is 6.18 Å². The van der Waals surface area contributed by atoms with E-state index in [-0.39, 0.29) is 35.0 Å². The Bertz CT molecular complexity index is 1080. The van der Waals surface area contributed by atoms with E-state index in [0.717, 1.165) is 35.4 Å². The Morgan fingerprint density at radius 2 is 1.70 bits per heavy atom. The lowest BCUT2D eigenvalue weighted by atomic mass is 9.97. The van der Waals surface area contributed by atoms with Crippen LogP contribution in [-0.2, 0) is 6.18 Å². The molecule has 0 unspecified atom stereocenters. The van der Waals surface area contributed by atoms with Crippen molar-refractivity contribution in [3.8, 4) is 11.3 Å². The Labute approximate surface area is 172 Å². The number of carbonyl (C=O) groups excluding carboxylic acids is 1. The molecule has 0 radical (unpaired) electrons. The SMILES string of the molecule is Cc1ccc(-c2cc(C(F)(F)F)n3nc(C(=O)N4[C@H](C)CCC[C@@H]4C)cc3n2)cc1. The van der Waals surface area contributed by atoms with Crippen LogP contribution >= 0.6 is 0 Å². The monoisotopic (exact) mass is 416 g/mol. The number of nitrogens with zero attached hydrogens (tertiary/aromatic N) is 4. The summed E-state index contributed by atoms with van der Waals surface area (Å²) >= 11 is 0. The number of likely N-dealkylation sites (tertiary alicyclic amines) is 1. The lowest BCUT2D eigenvalue weighted by molar-refractivity contribution is -0.142. The summed E-state index contributed by atoms with van der Waals surface area (Å²) in [6, 6.07) is 9.46. The third-order valence-corrected chi connectivity index (χ3v) is 5.71. The van der Waals surface area contributed by atoms with Crippen LogP contribution in [-0.4, -0.2) is 37.5 Å². The molecule has 3 aromatic rings. The molecular formula is C22H23F3N4O. The van der Waals surface area contributed by atoms with E-state index >= 15 is 0 Å². The predicted molar refractivity (Wildman–Crippen MR) is 107 cm³/mol. The summed E-state index contributed by atoms with van der Waals surface area (Å²) in [6.07, 6.45) is -1.88. The number of aromatic nitrogens is 3. The number of amides is 1. The maximum absolute atomic E-state index is 13.8. The van der Waals surface area contributed by atoms with Gasteiger partial charge in [0.1, 0.15) is 0 Å². The Morgan fingerprint density at radius 1 is 1.07 bits per heavy atom. The van der Waals surface area contributed by atoms with E-state index in [0.29, 0.717) is 5.56 Å². The van der Waals surface area contributed by atoms with Gasteiger partial charge in [-0.25, -0.2) is 9.50 Å². The molecule has 1 amide bonds. The average Bonchev–Trinajstić information content (AvgIpc) is 3.11. The number of rotatable bonds is 2. The number of hydrogen-bond donors (Lipinski definition) is 0. The molecule has 0 bridgehead atoms. The van der Waals surface area contributed by atoms with Crippen molar-refractivity contribution in [1.29, 1.82) is 0 Å². The van der Waals surface area contributed by atoms with Crippen LogP contribution in [0.25, 0.3) is 16.9 Å². The third kappa shape index (κ3) is 3.66. The topological polar surface area (TPSA) is 50.5 Å². The zero-order chi connectivity index (χ0) is 21.6. The van der Waals surface area contributed by atoms with Gasteiger partial charge in [0.15, 0.2) is 17.0 Å². The molecule has 0 aliphatic carbocycles. The second-order valence-electron chi connectivity index (χ2n) is 8.03. The minimum atomic E-state index is -4.64. The number of halogens is 3. The van der Waals surface area contributed by atoms with Gasteiger partial charge in [-0.05, 0) is 46.1 Å². The lowest BCUT2D eigenvalue weighted by Gasteiger charge is -2.38. The van der Waals surface area contributed by atoms with Gasteiger partial charge in [-0.1, -0.05) is 29.8 Å². The summed E-state index contributed by atoms with van der Waals surface area (Å²) in [5.41, 5.74) is 0.782. The highest BCUT2D eigenvalue weighted by Gasteiger charge is 2.37. The summed E-state index contributed by atoms with van der Waals surface area (Å²) in [5.74, 6) is -0.356. The van der Waals surface area contributed by atoms with E-state index in [1.807, 2.05) is 32.9 Å². The maximum atomic E-state index is 13.8. The highest BCUT2D eigenvalue weighted by atomic mass is 19.4. The van der Waals surface area contributed by atoms with Gasteiger partial charge in [0.05, 0.1) is 5.69 Å². The summed E-state index contributed by atoms with van der Waals surface area (Å²) in [5, 5.41) is 4.01. The van der Waals surface area contributed by atoms with Crippen LogP contribution in [0.5, 0.6) is 0 Å². The molecule has 2 atom stereocenters. The second kappa shape index (κ2) is 7.41. The molecule has 0 spiro atoms. The van der Waals surface area contributed by atoms with E-state index in [4.69, 9.17) is 0 Å². The van der Waals surface area contributed by atoms with Crippen molar-refractivity contribution >= 4 is 11.6 Å². The van der Waals surface area contributed by atoms with Crippen LogP contribution in [0.2, 0.25) is 0 Å². The number of benzene rings is 1. The van der Waals surface area contributed by atoms with Crippen LogP contribution in [0.1, 0.15) is 54.9 Å². The molecule has 158 valence electrons. The molecule has 1 aliphatic rings. The molecule has 1 aromatic carbocycles. The predicted octanol–water partition coefficient (Wildman–Crippen LogP) is 5.13. The van der Waals surface area contributed by atoms with Gasteiger partial charge in [0, 0.05) is 23.7 Å². The molecule has 30 heavy (non-hydrogen) atoms. The van der Waals surface area contributed by atoms with Crippen molar-refractivity contribution in [3.05, 3.63) is 53.3 Å². The van der Waals surface area contributed by atoms with Gasteiger partial charge in [-0.2, -0.15) is 18.3 Å². The zero-order valence-corrected chi connectivity index (χ0v) is 17.1. The first-order valence-corrected chi connectivity index (χ1v) is 10.0. The van der Waals surface area contributed by atoms with E-state index < -0.39 is 11.9 Å². The van der Waals surface area contributed by atoms with Crippen LogP contribution < -0.4 is 0 Å². The van der Waals surface area contributed by atoms with Crippen molar-refractivity contribution in [2.24, 2.45) is 0 Å². The highest BCUT2D eigenvalue weighted by Crippen LogP contribution is 2.33. The normalized spacial score (nSPS) is 20.0. The minimum absolute atomic E-state index is 0.000987. The first-order valence-electron chi connectivity index (χ1n) is 10.0. The number of piperidine rings is 1. The Balaban J connectivity index is 1.83. The Morgan fingerprint density at radius 3 is 2.30 bits per heavy atom. The number of alkyl halides is 3. The quantitative estimate of drug-likeness (QED) is 0.582. The van der Waals surface area contributed by atoms with Crippen molar-refractivity contribution in [3.63, 3.8) is 0 Å². The lowest BCUT2D eigenvalue weighted by Crippen LogP contribution is -2.47. The molecule has 0 N–H and O–H groups in total. The number of hydrogen-bond acceptors (Lipinski definition) is 3. The van der Waals surface area contributed by atoms with E-state index in [1.165, 1.54) is 6.07 Å². The molecule has 4 rings (SSSR count). The zero-order valence-electron chi connectivity index (χ0n) is 17.1. The minimum Gasteiger partial charge on any atom is -0.332 e. The van der Waals surface area contributed by atoms with Crippen molar-refractivity contribution < 1.29 is 18.0 Å². The maximum Gasteiger partial charge on any atom is 0.433 e. The number of aryl methyl sites for hydroxylation is 1. The second-order valence-corrected chi connectivity index (χ2v) is 8.03. The van der Waals surface area contributed by atoms with Crippen molar-refractivity contribution in [1.82, 2.24) is 19.5 Å². The van der Waals surface area contributed by atoms with Crippen LogP contribution in [0.15, 0.2) is 36.4 Å². The van der Waals surface area contributed by atoms with E-state index in [1.54, 1.807) is 17.0 Å². The van der Waals surface area contributed by atoms with Crippen molar-refractivity contribution in [2.45, 2.75) is 58.3 Å². The fourth-order valence-electron chi connectivity index (χ4n) is 4.11. The molecular weight excluding hydrogens is 393 g/mol.